The Labute approximate surface area is 168 Å². The second kappa shape index (κ2) is 7.06. The van der Waals surface area contributed by atoms with Crippen LogP contribution in [0.2, 0.25) is 0 Å². The fraction of sp³-hybridized carbons (Fsp3) is 0.385. The van der Waals surface area contributed by atoms with Crippen molar-refractivity contribution in [3.8, 4) is 11.3 Å². The first-order valence-corrected chi connectivity index (χ1v) is 10.3. The molecule has 1 fully saturated rings. The van der Waals surface area contributed by atoms with Crippen LogP contribution in [0, 0.1) is 27.3 Å². The van der Waals surface area contributed by atoms with Crippen LogP contribution in [0.15, 0.2) is 42.5 Å². The predicted molar refractivity (Wildman–Crippen MR) is 116 cm³/mol. The van der Waals surface area contributed by atoms with E-state index in [1.54, 1.807) is 0 Å². The molecular formula is C26H29N2+. The second-order valence-corrected chi connectivity index (χ2v) is 8.61. The van der Waals surface area contributed by atoms with Crippen LogP contribution in [-0.4, -0.2) is 5.54 Å². The average Bonchev–Trinajstić information content (AvgIpc) is 3.16. The van der Waals surface area contributed by atoms with E-state index in [0.717, 1.165) is 19.3 Å². The van der Waals surface area contributed by atoms with Gasteiger partial charge in [-0.1, -0.05) is 23.8 Å². The van der Waals surface area contributed by atoms with E-state index in [1.807, 2.05) is 0 Å². The summed E-state index contributed by atoms with van der Waals surface area (Å²) in [5.41, 5.74) is 8.86. The molecule has 0 atom stereocenters. The Hall–Kier alpha value is -2.66. The van der Waals surface area contributed by atoms with Crippen LogP contribution < -0.4 is 4.57 Å². The molecule has 1 heterocycles. The number of pyridine rings is 1. The summed E-state index contributed by atoms with van der Waals surface area (Å²) in [4.78, 5) is 4.13. The Morgan fingerprint density at radius 1 is 1.04 bits per heavy atom. The van der Waals surface area contributed by atoms with Gasteiger partial charge in [-0.3, -0.25) is 0 Å². The lowest BCUT2D eigenvalue weighted by atomic mass is 9.87. The topological polar surface area (TPSA) is 8.24 Å². The number of hydrogen-bond donors (Lipinski definition) is 0. The summed E-state index contributed by atoms with van der Waals surface area (Å²) in [5, 5.41) is 1.28. The Morgan fingerprint density at radius 2 is 1.75 bits per heavy atom. The first kappa shape index (κ1) is 18.7. The molecule has 0 aliphatic heterocycles. The Morgan fingerprint density at radius 3 is 2.46 bits per heavy atom. The van der Waals surface area contributed by atoms with Gasteiger partial charge in [0.15, 0.2) is 0 Å². The zero-order valence-electron chi connectivity index (χ0n) is 17.5. The Kier molecular flexibility index (Phi) is 4.71. The van der Waals surface area contributed by atoms with Crippen molar-refractivity contribution in [2.75, 3.05) is 0 Å². The highest BCUT2D eigenvalue weighted by Gasteiger charge is 2.41. The van der Waals surface area contributed by atoms with Crippen molar-refractivity contribution in [3.63, 3.8) is 0 Å². The molecule has 0 unspecified atom stereocenters. The number of hydrogen-bond acceptors (Lipinski definition) is 0. The average molecular weight is 370 g/mol. The van der Waals surface area contributed by atoms with Crippen LogP contribution in [-0.2, 0) is 13.5 Å². The van der Waals surface area contributed by atoms with E-state index in [4.69, 9.17) is 6.57 Å². The lowest BCUT2D eigenvalue weighted by molar-refractivity contribution is -0.633. The molecule has 0 N–H and O–H groups in total. The van der Waals surface area contributed by atoms with Gasteiger partial charge in [-0.25, -0.2) is 6.57 Å². The van der Waals surface area contributed by atoms with E-state index in [0.29, 0.717) is 0 Å². The molecule has 4 rings (SSSR count). The first-order valence-electron chi connectivity index (χ1n) is 10.3. The van der Waals surface area contributed by atoms with Crippen LogP contribution in [0.25, 0.3) is 27.0 Å². The summed E-state index contributed by atoms with van der Waals surface area (Å²) in [6.07, 6.45) is 5.29. The monoisotopic (exact) mass is 369 g/mol. The number of para-hydroxylation sites is 1. The van der Waals surface area contributed by atoms with E-state index < -0.39 is 0 Å². The van der Waals surface area contributed by atoms with Crippen LogP contribution in [0.3, 0.4) is 0 Å². The van der Waals surface area contributed by atoms with Gasteiger partial charge in [0.25, 0.3) is 0 Å². The molecule has 0 bridgehead atoms. The van der Waals surface area contributed by atoms with Crippen LogP contribution in [0.4, 0.5) is 0 Å². The fourth-order valence-corrected chi connectivity index (χ4v) is 4.93. The predicted octanol–water partition coefficient (Wildman–Crippen LogP) is 6.03. The highest BCUT2D eigenvalue weighted by atomic mass is 14.9. The Bertz CT molecular complexity index is 1100. The quantitative estimate of drug-likeness (QED) is 0.393. The normalized spacial score (nSPS) is 15.7. The summed E-state index contributed by atoms with van der Waals surface area (Å²) >= 11 is 0. The molecule has 0 spiro atoms. The summed E-state index contributed by atoms with van der Waals surface area (Å²) < 4.78 is 2.32. The number of fused-ring (bicyclic) bond motifs is 1. The van der Waals surface area contributed by atoms with E-state index >= 15 is 0 Å². The molecule has 1 aliphatic rings. The summed E-state index contributed by atoms with van der Waals surface area (Å²) in [5.74, 6) is 0. The lowest BCUT2D eigenvalue weighted by Gasteiger charge is -2.18. The minimum Gasteiger partial charge on any atom is -0.310 e. The minimum atomic E-state index is -0.211. The molecule has 142 valence electrons. The molecule has 0 amide bonds. The summed E-state index contributed by atoms with van der Waals surface area (Å²) in [6, 6.07) is 15.6. The first-order chi connectivity index (χ1) is 13.4. The maximum Gasteiger partial charge on any atom is 0.236 e. The highest BCUT2D eigenvalue weighted by Crippen LogP contribution is 2.38. The number of benzene rings is 2. The largest absolute Gasteiger partial charge is 0.310 e. The van der Waals surface area contributed by atoms with Gasteiger partial charge in [-0.05, 0) is 62.4 Å². The van der Waals surface area contributed by atoms with Gasteiger partial charge >= 0.3 is 0 Å². The molecule has 2 heteroatoms. The third-order valence-electron chi connectivity index (χ3n) is 6.66. The maximum absolute atomic E-state index is 7.88. The number of aromatic nitrogens is 1. The molecular weight excluding hydrogens is 340 g/mol. The molecule has 1 aliphatic carbocycles. The van der Waals surface area contributed by atoms with Gasteiger partial charge in [0.05, 0.1) is 6.42 Å². The molecule has 0 saturated heterocycles. The smallest absolute Gasteiger partial charge is 0.236 e. The molecule has 0 radical (unpaired) electrons. The molecule has 1 saturated carbocycles. The van der Waals surface area contributed by atoms with Crippen LogP contribution in [0.5, 0.6) is 0 Å². The number of aryl methyl sites for hydroxylation is 3. The van der Waals surface area contributed by atoms with Gasteiger partial charge in [0.1, 0.15) is 7.05 Å². The maximum atomic E-state index is 7.88. The molecule has 2 aromatic carbocycles. The van der Waals surface area contributed by atoms with Crippen molar-refractivity contribution in [3.05, 3.63) is 76.1 Å². The third-order valence-corrected chi connectivity index (χ3v) is 6.66. The van der Waals surface area contributed by atoms with Gasteiger partial charge < -0.3 is 4.85 Å². The fourth-order valence-electron chi connectivity index (χ4n) is 4.93. The second-order valence-electron chi connectivity index (χ2n) is 8.61. The molecule has 3 aromatic rings. The van der Waals surface area contributed by atoms with Crippen molar-refractivity contribution < 1.29 is 4.57 Å². The van der Waals surface area contributed by atoms with Crippen LogP contribution in [0.1, 0.15) is 47.9 Å². The number of rotatable bonds is 3. The minimum absolute atomic E-state index is 0.211. The molecule has 1 aromatic heterocycles. The molecule has 28 heavy (non-hydrogen) atoms. The lowest BCUT2D eigenvalue weighted by Crippen LogP contribution is -2.33. The van der Waals surface area contributed by atoms with Gasteiger partial charge in [0, 0.05) is 35.9 Å². The van der Waals surface area contributed by atoms with E-state index in [1.165, 1.54) is 57.3 Å². The van der Waals surface area contributed by atoms with Gasteiger partial charge in [-0.15, -0.1) is 0 Å². The van der Waals surface area contributed by atoms with Crippen LogP contribution >= 0.6 is 0 Å². The Balaban J connectivity index is 1.97. The standard InChI is InChI=1S/C26H29N2/c1-18-14-19(2)20(3)23(15-18)25-16-21(17-26(27-4)12-8-9-13-26)22-10-6-7-11-24(22)28(25)5/h6-7,10-11,14-16H,8-9,12-13,17H2,1-3,5H3/q+1. The van der Waals surface area contributed by atoms with E-state index in [2.05, 4.69) is 79.7 Å². The summed E-state index contributed by atoms with van der Waals surface area (Å²) in [7, 11) is 2.17. The highest BCUT2D eigenvalue weighted by molar-refractivity contribution is 5.82. The summed E-state index contributed by atoms with van der Waals surface area (Å²) in [6.45, 7) is 14.5. The zero-order valence-corrected chi connectivity index (χ0v) is 17.5. The SMILES string of the molecule is [C-]#[N+]C1(Cc2cc(-c3cc(C)cc(C)c3C)[n+](C)c3ccccc23)CCCC1. The van der Waals surface area contributed by atoms with E-state index in [9.17, 15) is 0 Å². The van der Waals surface area contributed by atoms with Crippen molar-refractivity contribution in [1.82, 2.24) is 0 Å². The van der Waals surface area contributed by atoms with Gasteiger partial charge in [0.2, 0.25) is 16.7 Å². The molecule has 2 nitrogen and oxygen atoms in total. The van der Waals surface area contributed by atoms with E-state index in [-0.39, 0.29) is 5.54 Å². The van der Waals surface area contributed by atoms with Crippen molar-refractivity contribution >= 4 is 10.9 Å². The van der Waals surface area contributed by atoms with Crippen molar-refractivity contribution in [2.24, 2.45) is 7.05 Å². The van der Waals surface area contributed by atoms with Gasteiger partial charge in [-0.2, -0.15) is 4.57 Å². The third kappa shape index (κ3) is 3.10. The van der Waals surface area contributed by atoms with Crippen molar-refractivity contribution in [1.29, 1.82) is 0 Å². The number of nitrogens with zero attached hydrogens (tertiary/aromatic N) is 2. The zero-order chi connectivity index (χ0) is 19.9. The van der Waals surface area contributed by atoms with Crippen molar-refractivity contribution in [2.45, 2.75) is 58.4 Å².